The van der Waals surface area contributed by atoms with E-state index >= 15 is 0 Å². The van der Waals surface area contributed by atoms with E-state index in [-0.39, 0.29) is 40.9 Å². The lowest BCUT2D eigenvalue weighted by atomic mass is 9.85. The maximum atomic E-state index is 12.7. The molecule has 1 saturated heterocycles. The average Bonchev–Trinajstić information content (AvgIpc) is 2.87. The Hall–Kier alpha value is -2.17. The molecule has 5 nitrogen and oxygen atoms in total. The first kappa shape index (κ1) is 12.4. The van der Waals surface area contributed by atoms with Gasteiger partial charge in [0.1, 0.15) is 11.5 Å². The number of carbonyl (C=O) groups excluding carboxylic acids is 2. The molecule has 1 spiro atoms. The number of amides is 2. The summed E-state index contributed by atoms with van der Waals surface area (Å²) >= 11 is 0. The van der Waals surface area contributed by atoms with Crippen LogP contribution in [0.1, 0.15) is 24.4 Å². The second-order valence-corrected chi connectivity index (χ2v) is 6.90. The molecule has 2 bridgehead atoms. The fourth-order valence-electron chi connectivity index (χ4n) is 4.81. The van der Waals surface area contributed by atoms with E-state index in [2.05, 4.69) is 17.3 Å². The molecule has 4 atom stereocenters. The van der Waals surface area contributed by atoms with E-state index in [1.807, 2.05) is 13.0 Å². The van der Waals surface area contributed by atoms with Gasteiger partial charge in [-0.1, -0.05) is 12.2 Å². The van der Waals surface area contributed by atoms with Gasteiger partial charge >= 0.3 is 0 Å². The van der Waals surface area contributed by atoms with Crippen LogP contribution in [0.5, 0.6) is 0 Å². The number of carbonyl (C=O) groups is 2. The third-order valence-electron chi connectivity index (χ3n) is 5.89. The smallest absolute Gasteiger partial charge is 0.254 e. The minimum Gasteiger partial charge on any atom is -0.460 e. The summed E-state index contributed by atoms with van der Waals surface area (Å²) < 4.78 is 5.39. The number of nitrogens with zero attached hydrogens (tertiary/aromatic N) is 2. The first-order valence-electron chi connectivity index (χ1n) is 7.78. The molecule has 1 aromatic heterocycles. The maximum Gasteiger partial charge on any atom is 0.254 e. The summed E-state index contributed by atoms with van der Waals surface area (Å²) in [7, 11) is 0. The fraction of sp³-hybridized carbons (Fsp3) is 0.471. The van der Waals surface area contributed by atoms with Crippen LogP contribution in [-0.2, 0) is 9.59 Å². The van der Waals surface area contributed by atoms with Gasteiger partial charge in [-0.15, -0.1) is 0 Å². The molecule has 112 valence electrons. The number of aryl methyl sites for hydroxylation is 1. The van der Waals surface area contributed by atoms with Crippen LogP contribution in [0.25, 0.3) is 0 Å². The zero-order chi connectivity index (χ0) is 15.1. The first-order chi connectivity index (χ1) is 10.6. The fourth-order valence-corrected chi connectivity index (χ4v) is 4.81. The quantitative estimate of drug-likeness (QED) is 0.477. The lowest BCUT2D eigenvalue weighted by molar-refractivity contribution is -0.141. The normalized spacial score (nSPS) is 37.0. The van der Waals surface area contributed by atoms with E-state index in [9.17, 15) is 9.59 Å². The maximum absolute atomic E-state index is 12.7. The SMILES string of the molecule is Cc1ccc(/C=N\N2C(=O)[C@@H]3[C@H](C2=O)[C@@H]2C=C[C@H]3C23CC3)o1. The van der Waals surface area contributed by atoms with Crippen molar-refractivity contribution in [3.05, 3.63) is 35.8 Å². The third kappa shape index (κ3) is 1.32. The molecular weight excluding hydrogens is 280 g/mol. The molecule has 1 aromatic rings. The number of hydrogen-bond acceptors (Lipinski definition) is 4. The summed E-state index contributed by atoms with van der Waals surface area (Å²) in [5.74, 6) is 1.14. The van der Waals surface area contributed by atoms with Crippen molar-refractivity contribution >= 4 is 18.0 Å². The van der Waals surface area contributed by atoms with E-state index in [4.69, 9.17) is 4.42 Å². The van der Waals surface area contributed by atoms with Crippen molar-refractivity contribution in [2.24, 2.45) is 34.2 Å². The van der Waals surface area contributed by atoms with Crippen LogP contribution in [-0.4, -0.2) is 23.0 Å². The minimum absolute atomic E-state index is 0.141. The summed E-state index contributed by atoms with van der Waals surface area (Å²) in [6.45, 7) is 1.84. The number of hydrogen-bond donors (Lipinski definition) is 0. The molecule has 0 N–H and O–H groups in total. The number of fused-ring (bicyclic) bond motifs is 3. The molecule has 3 fully saturated rings. The van der Waals surface area contributed by atoms with E-state index in [0.717, 1.165) is 23.6 Å². The van der Waals surface area contributed by atoms with Gasteiger partial charge in [-0.05, 0) is 49.1 Å². The largest absolute Gasteiger partial charge is 0.460 e. The van der Waals surface area contributed by atoms with E-state index in [1.54, 1.807) is 6.07 Å². The Morgan fingerprint density at radius 1 is 1.18 bits per heavy atom. The van der Waals surface area contributed by atoms with Gasteiger partial charge in [-0.2, -0.15) is 10.1 Å². The Morgan fingerprint density at radius 3 is 2.32 bits per heavy atom. The van der Waals surface area contributed by atoms with Crippen LogP contribution < -0.4 is 0 Å². The topological polar surface area (TPSA) is 62.9 Å². The molecule has 2 amide bonds. The van der Waals surface area contributed by atoms with Crippen LogP contribution >= 0.6 is 0 Å². The highest BCUT2D eigenvalue weighted by molar-refractivity contribution is 6.07. The van der Waals surface area contributed by atoms with Gasteiger partial charge < -0.3 is 4.42 Å². The molecule has 3 aliphatic carbocycles. The first-order valence-corrected chi connectivity index (χ1v) is 7.78. The van der Waals surface area contributed by atoms with Gasteiger partial charge in [-0.25, -0.2) is 0 Å². The van der Waals surface area contributed by atoms with Gasteiger partial charge in [0.25, 0.3) is 11.8 Å². The molecule has 4 aliphatic rings. The van der Waals surface area contributed by atoms with Crippen molar-refractivity contribution in [3.63, 3.8) is 0 Å². The molecule has 22 heavy (non-hydrogen) atoms. The Kier molecular flexibility index (Phi) is 2.12. The van der Waals surface area contributed by atoms with Crippen LogP contribution in [0, 0.1) is 36.0 Å². The van der Waals surface area contributed by atoms with Crippen molar-refractivity contribution in [2.75, 3.05) is 0 Å². The zero-order valence-corrected chi connectivity index (χ0v) is 12.2. The highest BCUT2D eigenvalue weighted by atomic mass is 16.3. The second kappa shape index (κ2) is 3.77. The van der Waals surface area contributed by atoms with E-state index < -0.39 is 0 Å². The summed E-state index contributed by atoms with van der Waals surface area (Å²) in [5.41, 5.74) is 0.231. The Morgan fingerprint density at radius 2 is 1.82 bits per heavy atom. The third-order valence-corrected chi connectivity index (χ3v) is 5.89. The van der Waals surface area contributed by atoms with Gasteiger partial charge in [0.15, 0.2) is 0 Å². The molecule has 5 rings (SSSR count). The second-order valence-electron chi connectivity index (χ2n) is 6.90. The van der Waals surface area contributed by atoms with Crippen LogP contribution in [0.4, 0.5) is 0 Å². The van der Waals surface area contributed by atoms with Gasteiger partial charge in [0.05, 0.1) is 18.1 Å². The highest BCUT2D eigenvalue weighted by Crippen LogP contribution is 2.73. The number of imide groups is 1. The lowest BCUT2D eigenvalue weighted by Gasteiger charge is -2.18. The minimum atomic E-state index is -0.194. The molecular formula is C17H16N2O3. The number of allylic oxidation sites excluding steroid dienone is 2. The predicted octanol–water partition coefficient (Wildman–Crippen LogP) is 2.12. The van der Waals surface area contributed by atoms with Crippen LogP contribution in [0.2, 0.25) is 0 Å². The van der Waals surface area contributed by atoms with Crippen molar-refractivity contribution in [1.29, 1.82) is 0 Å². The molecule has 0 unspecified atom stereocenters. The van der Waals surface area contributed by atoms with Crippen molar-refractivity contribution in [3.8, 4) is 0 Å². The molecule has 2 saturated carbocycles. The lowest BCUT2D eigenvalue weighted by Crippen LogP contribution is -2.30. The van der Waals surface area contributed by atoms with Gasteiger partial charge in [-0.3, -0.25) is 9.59 Å². The van der Waals surface area contributed by atoms with Gasteiger partial charge in [0, 0.05) is 0 Å². The Bertz CT molecular complexity index is 722. The Labute approximate surface area is 127 Å². The molecule has 0 aromatic carbocycles. The van der Waals surface area contributed by atoms with Crippen molar-refractivity contribution < 1.29 is 14.0 Å². The standard InChI is InChI=1S/C17H16N2O3/c1-9-2-3-10(22-9)8-18-19-15(20)13-11-4-5-12(14(13)16(19)21)17(11)6-7-17/h2-5,8,11-14H,6-7H2,1H3/b18-8-/t11-,12+,13+,14-. The summed E-state index contributed by atoms with van der Waals surface area (Å²) in [6.07, 6.45) is 8.07. The van der Waals surface area contributed by atoms with E-state index in [1.165, 1.54) is 6.21 Å². The number of rotatable bonds is 2. The van der Waals surface area contributed by atoms with E-state index in [0.29, 0.717) is 5.76 Å². The van der Waals surface area contributed by atoms with Gasteiger partial charge in [0.2, 0.25) is 0 Å². The molecule has 2 heterocycles. The summed E-state index contributed by atoms with van der Waals surface area (Å²) in [4.78, 5) is 25.3. The van der Waals surface area contributed by atoms with Crippen LogP contribution in [0.3, 0.4) is 0 Å². The van der Waals surface area contributed by atoms with Crippen molar-refractivity contribution in [2.45, 2.75) is 19.8 Å². The predicted molar refractivity (Wildman–Crippen MR) is 77.7 cm³/mol. The zero-order valence-electron chi connectivity index (χ0n) is 12.2. The highest BCUT2D eigenvalue weighted by Gasteiger charge is 2.73. The molecule has 0 radical (unpaired) electrons. The van der Waals surface area contributed by atoms with Crippen LogP contribution in [0.15, 0.2) is 33.8 Å². The average molecular weight is 296 g/mol. The van der Waals surface area contributed by atoms with Crippen molar-refractivity contribution in [1.82, 2.24) is 5.01 Å². The Balaban J connectivity index is 1.45. The number of hydrazone groups is 1. The molecule has 1 aliphatic heterocycles. The summed E-state index contributed by atoms with van der Waals surface area (Å²) in [6, 6.07) is 3.60. The molecule has 5 heteroatoms. The monoisotopic (exact) mass is 296 g/mol. The number of furan rings is 1. The summed E-state index contributed by atoms with van der Waals surface area (Å²) in [5, 5.41) is 5.17.